The predicted octanol–water partition coefficient (Wildman–Crippen LogP) is 3.13. The van der Waals surface area contributed by atoms with Crippen molar-refractivity contribution in [3.05, 3.63) is 78.0 Å². The summed E-state index contributed by atoms with van der Waals surface area (Å²) in [6, 6.07) is 14.1. The molecule has 6 heteroatoms. The fourth-order valence-corrected chi connectivity index (χ4v) is 2.78. The second-order valence-corrected chi connectivity index (χ2v) is 5.78. The third-order valence-corrected chi connectivity index (χ3v) is 4.04. The summed E-state index contributed by atoms with van der Waals surface area (Å²) in [5.41, 5.74) is 9.70. The van der Waals surface area contributed by atoms with E-state index in [1.165, 1.54) is 12.1 Å². The molecule has 120 valence electrons. The minimum absolute atomic E-state index is 0.261. The van der Waals surface area contributed by atoms with E-state index in [2.05, 4.69) is 15.3 Å². The molecule has 0 aliphatic rings. The van der Waals surface area contributed by atoms with E-state index in [4.69, 9.17) is 5.73 Å². The van der Waals surface area contributed by atoms with E-state index in [0.717, 1.165) is 22.2 Å². The lowest BCUT2D eigenvalue weighted by atomic mass is 10.0. The van der Waals surface area contributed by atoms with Crippen LogP contribution in [0.1, 0.15) is 17.3 Å². The number of fused-ring (bicyclic) bond motifs is 1. The number of benzene rings is 2. The van der Waals surface area contributed by atoms with Crippen LogP contribution in [0.15, 0.2) is 60.9 Å². The summed E-state index contributed by atoms with van der Waals surface area (Å²) < 4.78 is 15.0. The highest BCUT2D eigenvalue weighted by Gasteiger charge is 2.13. The van der Waals surface area contributed by atoms with Crippen LogP contribution in [-0.4, -0.2) is 20.0 Å². The van der Waals surface area contributed by atoms with Crippen LogP contribution in [0.25, 0.3) is 16.6 Å². The standard InChI is InChI=1S/C18H16FN5/c19-14-3-1-2-12(8-14)9-16(20)18-11-24(23-22-18)15-4-5-17-13(10-15)6-7-21-17/h1-8,10-11,16,21H,9,20H2. The zero-order valence-corrected chi connectivity index (χ0v) is 12.9. The Labute approximate surface area is 137 Å². The van der Waals surface area contributed by atoms with Crippen LogP contribution in [-0.2, 0) is 6.42 Å². The molecule has 0 amide bonds. The molecule has 2 heterocycles. The number of aromatic nitrogens is 4. The predicted molar refractivity (Wildman–Crippen MR) is 90.2 cm³/mol. The Morgan fingerprint density at radius 1 is 1.17 bits per heavy atom. The van der Waals surface area contributed by atoms with Gasteiger partial charge >= 0.3 is 0 Å². The van der Waals surface area contributed by atoms with Gasteiger partial charge in [-0.05, 0) is 48.4 Å². The minimum Gasteiger partial charge on any atom is -0.361 e. The molecular formula is C18H16FN5. The maximum atomic E-state index is 13.3. The van der Waals surface area contributed by atoms with Crippen LogP contribution in [0.5, 0.6) is 0 Å². The van der Waals surface area contributed by atoms with Crippen LogP contribution in [0.2, 0.25) is 0 Å². The second-order valence-electron chi connectivity index (χ2n) is 5.78. The first-order chi connectivity index (χ1) is 11.7. The van der Waals surface area contributed by atoms with Crippen molar-refractivity contribution in [1.82, 2.24) is 20.0 Å². The smallest absolute Gasteiger partial charge is 0.123 e. The number of nitrogens with two attached hydrogens (primary N) is 1. The Bertz CT molecular complexity index is 988. The Hall–Kier alpha value is -2.99. The van der Waals surface area contributed by atoms with Gasteiger partial charge in [0.2, 0.25) is 0 Å². The van der Waals surface area contributed by atoms with Crippen LogP contribution < -0.4 is 5.73 Å². The van der Waals surface area contributed by atoms with Crippen LogP contribution in [0, 0.1) is 5.82 Å². The van der Waals surface area contributed by atoms with Gasteiger partial charge in [0, 0.05) is 17.1 Å². The van der Waals surface area contributed by atoms with Crippen molar-refractivity contribution >= 4 is 10.9 Å². The van der Waals surface area contributed by atoms with E-state index < -0.39 is 0 Å². The van der Waals surface area contributed by atoms with Gasteiger partial charge in [0.25, 0.3) is 0 Å². The molecule has 5 nitrogen and oxygen atoms in total. The van der Waals surface area contributed by atoms with Crippen molar-refractivity contribution in [2.75, 3.05) is 0 Å². The molecule has 2 aromatic heterocycles. The zero-order chi connectivity index (χ0) is 16.5. The highest BCUT2D eigenvalue weighted by molar-refractivity contribution is 5.81. The lowest BCUT2D eigenvalue weighted by Crippen LogP contribution is -2.14. The van der Waals surface area contributed by atoms with Gasteiger partial charge in [0.05, 0.1) is 17.9 Å². The molecule has 2 aromatic carbocycles. The maximum Gasteiger partial charge on any atom is 0.123 e. The summed E-state index contributed by atoms with van der Waals surface area (Å²) >= 11 is 0. The summed E-state index contributed by atoms with van der Waals surface area (Å²) in [6.45, 7) is 0. The summed E-state index contributed by atoms with van der Waals surface area (Å²) in [6.07, 6.45) is 4.22. The van der Waals surface area contributed by atoms with Crippen molar-refractivity contribution in [3.63, 3.8) is 0 Å². The zero-order valence-electron chi connectivity index (χ0n) is 12.9. The van der Waals surface area contributed by atoms with E-state index in [1.54, 1.807) is 10.7 Å². The minimum atomic E-state index is -0.337. The van der Waals surface area contributed by atoms with Gasteiger partial charge in [0.1, 0.15) is 11.5 Å². The van der Waals surface area contributed by atoms with E-state index in [0.29, 0.717) is 12.1 Å². The van der Waals surface area contributed by atoms with Crippen LogP contribution in [0.3, 0.4) is 0 Å². The molecule has 0 aliphatic carbocycles. The average Bonchev–Trinajstić information content (AvgIpc) is 3.23. The van der Waals surface area contributed by atoms with Crippen LogP contribution >= 0.6 is 0 Å². The molecule has 4 aromatic rings. The first-order valence-corrected chi connectivity index (χ1v) is 7.69. The largest absolute Gasteiger partial charge is 0.361 e. The monoisotopic (exact) mass is 321 g/mol. The van der Waals surface area contributed by atoms with Crippen molar-refractivity contribution in [2.24, 2.45) is 5.73 Å². The molecule has 0 aliphatic heterocycles. The van der Waals surface area contributed by atoms with Crippen LogP contribution in [0.4, 0.5) is 4.39 Å². The topological polar surface area (TPSA) is 72.5 Å². The van der Waals surface area contributed by atoms with Gasteiger partial charge in [0.15, 0.2) is 0 Å². The molecule has 0 saturated carbocycles. The molecule has 0 saturated heterocycles. The number of aromatic amines is 1. The lowest BCUT2D eigenvalue weighted by Gasteiger charge is -2.08. The van der Waals surface area contributed by atoms with Gasteiger partial charge in [-0.2, -0.15) is 0 Å². The van der Waals surface area contributed by atoms with Crippen molar-refractivity contribution in [3.8, 4) is 5.69 Å². The molecule has 4 rings (SSSR count). The molecule has 0 fully saturated rings. The first-order valence-electron chi connectivity index (χ1n) is 7.69. The summed E-state index contributed by atoms with van der Waals surface area (Å²) in [5, 5.41) is 9.43. The molecule has 0 bridgehead atoms. The number of H-pyrrole nitrogens is 1. The van der Waals surface area contributed by atoms with Gasteiger partial charge in [-0.15, -0.1) is 5.10 Å². The highest BCUT2D eigenvalue weighted by atomic mass is 19.1. The van der Waals surface area contributed by atoms with Crippen molar-refractivity contribution in [2.45, 2.75) is 12.5 Å². The molecule has 0 radical (unpaired) electrons. The molecule has 1 atom stereocenters. The normalized spacial score (nSPS) is 12.6. The summed E-state index contributed by atoms with van der Waals surface area (Å²) in [7, 11) is 0. The summed E-state index contributed by atoms with van der Waals surface area (Å²) in [5.74, 6) is -0.261. The summed E-state index contributed by atoms with van der Waals surface area (Å²) in [4.78, 5) is 3.16. The fourth-order valence-electron chi connectivity index (χ4n) is 2.78. The molecular weight excluding hydrogens is 305 g/mol. The Balaban J connectivity index is 1.57. The third-order valence-electron chi connectivity index (χ3n) is 4.04. The highest BCUT2D eigenvalue weighted by Crippen LogP contribution is 2.19. The quantitative estimate of drug-likeness (QED) is 0.606. The van der Waals surface area contributed by atoms with E-state index in [-0.39, 0.29) is 11.9 Å². The molecule has 3 N–H and O–H groups in total. The number of halogens is 1. The number of nitrogens with one attached hydrogen (secondary N) is 1. The van der Waals surface area contributed by atoms with Crippen molar-refractivity contribution in [1.29, 1.82) is 0 Å². The molecule has 24 heavy (non-hydrogen) atoms. The fraction of sp³-hybridized carbons (Fsp3) is 0.111. The van der Waals surface area contributed by atoms with Gasteiger partial charge in [-0.25, -0.2) is 9.07 Å². The second kappa shape index (κ2) is 5.90. The SMILES string of the molecule is NC(Cc1cccc(F)c1)c1cn(-c2ccc3[nH]ccc3c2)nn1. The first kappa shape index (κ1) is 14.6. The average molecular weight is 321 g/mol. The Morgan fingerprint density at radius 2 is 2.08 bits per heavy atom. The number of rotatable bonds is 4. The van der Waals surface area contributed by atoms with E-state index >= 15 is 0 Å². The maximum absolute atomic E-state index is 13.3. The molecule has 0 spiro atoms. The Morgan fingerprint density at radius 3 is 2.96 bits per heavy atom. The molecule has 1 unspecified atom stereocenters. The van der Waals surface area contributed by atoms with E-state index in [1.807, 2.05) is 42.7 Å². The van der Waals surface area contributed by atoms with Gasteiger partial charge in [-0.1, -0.05) is 17.3 Å². The number of hydrogen-bond acceptors (Lipinski definition) is 3. The van der Waals surface area contributed by atoms with E-state index in [9.17, 15) is 4.39 Å². The lowest BCUT2D eigenvalue weighted by molar-refractivity contribution is 0.620. The third kappa shape index (κ3) is 2.79. The van der Waals surface area contributed by atoms with Gasteiger partial charge in [-0.3, -0.25) is 0 Å². The van der Waals surface area contributed by atoms with Crippen molar-refractivity contribution < 1.29 is 4.39 Å². The Kier molecular flexibility index (Phi) is 3.59. The van der Waals surface area contributed by atoms with Gasteiger partial charge < -0.3 is 10.7 Å². The number of hydrogen-bond donors (Lipinski definition) is 2. The number of nitrogens with zero attached hydrogens (tertiary/aromatic N) is 3.